The Kier molecular flexibility index (Phi) is 5.99. The number of hydrogen-bond acceptors (Lipinski definition) is 8. The number of piperazine rings is 1. The van der Waals surface area contributed by atoms with Crippen LogP contribution in [0.5, 0.6) is 5.88 Å². The average molecular weight is 540 g/mol. The fourth-order valence-electron chi connectivity index (χ4n) is 4.09. The van der Waals surface area contributed by atoms with Crippen molar-refractivity contribution in [2.75, 3.05) is 39.0 Å². The van der Waals surface area contributed by atoms with Crippen LogP contribution in [-0.4, -0.2) is 70.1 Å². The lowest BCUT2D eigenvalue weighted by Gasteiger charge is -2.32. The van der Waals surface area contributed by atoms with Crippen LogP contribution in [0.3, 0.4) is 0 Å². The Balaban J connectivity index is 1.37. The second kappa shape index (κ2) is 9.12. The van der Waals surface area contributed by atoms with Gasteiger partial charge < -0.3 is 30.1 Å². The molecule has 1 saturated heterocycles. The molecule has 11 nitrogen and oxygen atoms in total. The van der Waals surface area contributed by atoms with E-state index >= 15 is 0 Å². The Labute approximate surface area is 207 Å². The van der Waals surface area contributed by atoms with Gasteiger partial charge >= 0.3 is 0 Å². The summed E-state index contributed by atoms with van der Waals surface area (Å²) in [5.74, 6) is -0.597. The van der Waals surface area contributed by atoms with Gasteiger partial charge in [0.15, 0.2) is 17.1 Å². The van der Waals surface area contributed by atoms with Crippen LogP contribution >= 0.6 is 15.9 Å². The molecule has 0 saturated carbocycles. The SMILES string of the molecule is CN1CCN(C(=O)c2cc(Br)c3c(N=NC(=O)Cc4ccc5onc(N)c5c4)c(O)[nH]c3c2)CC1. The Morgan fingerprint density at radius 1 is 1.23 bits per heavy atom. The number of benzene rings is 2. The molecule has 180 valence electrons. The van der Waals surface area contributed by atoms with E-state index in [1.54, 1.807) is 35.2 Å². The lowest BCUT2D eigenvalue weighted by molar-refractivity contribution is -0.117. The third-order valence-electron chi connectivity index (χ3n) is 6.02. The molecule has 0 radical (unpaired) electrons. The van der Waals surface area contributed by atoms with Crippen LogP contribution in [0.1, 0.15) is 15.9 Å². The lowest BCUT2D eigenvalue weighted by Crippen LogP contribution is -2.47. The highest BCUT2D eigenvalue weighted by molar-refractivity contribution is 9.10. The predicted octanol–water partition coefficient (Wildman–Crippen LogP) is 3.60. The summed E-state index contributed by atoms with van der Waals surface area (Å²) < 4.78 is 5.62. The molecule has 2 amide bonds. The molecule has 0 aliphatic carbocycles. The molecular formula is C23H22BrN7O4. The van der Waals surface area contributed by atoms with Gasteiger partial charge in [0.25, 0.3) is 11.8 Å². The monoisotopic (exact) mass is 539 g/mol. The summed E-state index contributed by atoms with van der Waals surface area (Å²) in [5, 5.41) is 23.0. The van der Waals surface area contributed by atoms with Crippen LogP contribution in [0.25, 0.3) is 21.9 Å². The van der Waals surface area contributed by atoms with E-state index in [-0.39, 0.29) is 29.7 Å². The summed E-state index contributed by atoms with van der Waals surface area (Å²) in [4.78, 5) is 32.2. The van der Waals surface area contributed by atoms with E-state index in [2.05, 4.69) is 41.2 Å². The smallest absolute Gasteiger partial charge is 0.269 e. The maximum absolute atomic E-state index is 13.0. The Morgan fingerprint density at radius 3 is 2.77 bits per heavy atom. The van der Waals surface area contributed by atoms with E-state index in [4.69, 9.17) is 10.3 Å². The molecule has 2 aromatic heterocycles. The van der Waals surface area contributed by atoms with Crippen LogP contribution in [-0.2, 0) is 11.2 Å². The number of aromatic amines is 1. The molecular weight excluding hydrogens is 518 g/mol. The van der Waals surface area contributed by atoms with E-state index in [9.17, 15) is 14.7 Å². The number of amides is 2. The minimum atomic E-state index is -0.508. The van der Waals surface area contributed by atoms with Crippen LogP contribution in [0.4, 0.5) is 11.5 Å². The van der Waals surface area contributed by atoms with E-state index in [0.29, 0.717) is 50.6 Å². The maximum atomic E-state index is 13.0. The van der Waals surface area contributed by atoms with Crippen molar-refractivity contribution in [3.63, 3.8) is 0 Å². The van der Waals surface area contributed by atoms with Gasteiger partial charge in [0.05, 0.1) is 17.3 Å². The van der Waals surface area contributed by atoms with Gasteiger partial charge in [0, 0.05) is 41.6 Å². The highest BCUT2D eigenvalue weighted by atomic mass is 79.9. The third-order valence-corrected chi connectivity index (χ3v) is 6.65. The van der Waals surface area contributed by atoms with Gasteiger partial charge in [0.2, 0.25) is 5.88 Å². The zero-order valence-corrected chi connectivity index (χ0v) is 20.4. The number of H-pyrrole nitrogens is 1. The van der Waals surface area contributed by atoms with Crippen LogP contribution in [0, 0.1) is 0 Å². The molecule has 2 aromatic carbocycles. The molecule has 1 aliphatic heterocycles. The van der Waals surface area contributed by atoms with E-state index in [0.717, 1.165) is 13.1 Å². The molecule has 0 unspecified atom stereocenters. The minimum Gasteiger partial charge on any atom is -0.493 e. The van der Waals surface area contributed by atoms with Crippen molar-refractivity contribution < 1.29 is 19.2 Å². The average Bonchev–Trinajstić information content (AvgIpc) is 3.36. The summed E-state index contributed by atoms with van der Waals surface area (Å²) in [7, 11) is 2.03. The van der Waals surface area contributed by atoms with Gasteiger partial charge in [-0.15, -0.1) is 10.2 Å². The normalized spacial score (nSPS) is 15.0. The number of nitrogens with zero attached hydrogens (tertiary/aromatic N) is 5. The van der Waals surface area contributed by atoms with Crippen molar-refractivity contribution in [2.24, 2.45) is 10.2 Å². The van der Waals surface area contributed by atoms with Crippen LogP contribution in [0.15, 0.2) is 49.6 Å². The van der Waals surface area contributed by atoms with Crippen molar-refractivity contribution in [3.05, 3.63) is 45.9 Å². The van der Waals surface area contributed by atoms with E-state index in [1.807, 2.05) is 7.05 Å². The fourth-order valence-corrected chi connectivity index (χ4v) is 4.74. The van der Waals surface area contributed by atoms with Crippen molar-refractivity contribution in [1.82, 2.24) is 19.9 Å². The summed E-state index contributed by atoms with van der Waals surface area (Å²) in [6, 6.07) is 8.48. The van der Waals surface area contributed by atoms with Gasteiger partial charge in [-0.3, -0.25) is 9.59 Å². The molecule has 3 heterocycles. The topological polar surface area (TPSA) is 153 Å². The molecule has 0 atom stereocenters. The summed E-state index contributed by atoms with van der Waals surface area (Å²) in [6.45, 7) is 2.94. The first-order valence-electron chi connectivity index (χ1n) is 10.9. The number of nitrogen functional groups attached to an aromatic ring is 1. The number of halogens is 1. The molecule has 0 bridgehead atoms. The number of fused-ring (bicyclic) bond motifs is 2. The first-order valence-corrected chi connectivity index (χ1v) is 11.7. The van der Waals surface area contributed by atoms with Gasteiger partial charge in [-0.05, 0) is 52.8 Å². The number of carbonyl (C=O) groups excluding carboxylic acids is 2. The van der Waals surface area contributed by atoms with Gasteiger partial charge in [-0.1, -0.05) is 11.2 Å². The largest absolute Gasteiger partial charge is 0.493 e. The van der Waals surface area contributed by atoms with Crippen LogP contribution in [0.2, 0.25) is 0 Å². The minimum absolute atomic E-state index is 0.0159. The Morgan fingerprint density at radius 2 is 2.00 bits per heavy atom. The van der Waals surface area contributed by atoms with Gasteiger partial charge in [-0.25, -0.2) is 0 Å². The standard InChI is InChI=1S/C23H22BrN7O4/c1-30-4-6-31(7-5-30)23(34)13-10-15(24)19-16(11-13)26-22(33)20(19)28-27-18(32)9-12-2-3-17-14(8-12)21(25)29-35-17/h2-3,8,10-11,26,33H,4-7,9H2,1H3,(H2,25,29). The molecule has 5 rings (SSSR count). The number of aromatic hydroxyl groups is 1. The molecule has 1 fully saturated rings. The van der Waals surface area contributed by atoms with E-state index < -0.39 is 5.91 Å². The molecule has 35 heavy (non-hydrogen) atoms. The number of rotatable bonds is 4. The molecule has 4 N–H and O–H groups in total. The lowest BCUT2D eigenvalue weighted by atomic mass is 10.1. The Bertz CT molecular complexity index is 1480. The number of likely N-dealkylation sites (N-methyl/N-ethyl adjacent to an activating group) is 1. The highest BCUT2D eigenvalue weighted by Gasteiger charge is 2.23. The predicted molar refractivity (Wildman–Crippen MR) is 133 cm³/mol. The van der Waals surface area contributed by atoms with Gasteiger partial charge in [-0.2, -0.15) is 0 Å². The number of carbonyl (C=O) groups is 2. The first kappa shape index (κ1) is 23.0. The van der Waals surface area contributed by atoms with Crippen molar-refractivity contribution in [1.29, 1.82) is 0 Å². The number of aromatic nitrogens is 2. The second-order valence-electron chi connectivity index (χ2n) is 8.47. The summed E-state index contributed by atoms with van der Waals surface area (Å²) in [5.41, 5.74) is 8.06. The number of azo groups is 1. The second-order valence-corrected chi connectivity index (χ2v) is 9.32. The maximum Gasteiger partial charge on any atom is 0.269 e. The summed E-state index contributed by atoms with van der Waals surface area (Å²) in [6.07, 6.45) is -0.0159. The zero-order chi connectivity index (χ0) is 24.7. The van der Waals surface area contributed by atoms with E-state index in [1.165, 1.54) is 0 Å². The van der Waals surface area contributed by atoms with Gasteiger partial charge in [0.1, 0.15) is 0 Å². The van der Waals surface area contributed by atoms with Crippen molar-refractivity contribution in [3.8, 4) is 5.88 Å². The number of anilines is 1. The first-order chi connectivity index (χ1) is 16.8. The molecule has 12 heteroatoms. The van der Waals surface area contributed by atoms with Crippen molar-refractivity contribution >= 4 is 61.1 Å². The van der Waals surface area contributed by atoms with Crippen molar-refractivity contribution in [2.45, 2.75) is 6.42 Å². The number of hydrogen-bond donors (Lipinski definition) is 3. The highest BCUT2D eigenvalue weighted by Crippen LogP contribution is 2.40. The molecule has 0 spiro atoms. The third kappa shape index (κ3) is 4.49. The molecule has 4 aromatic rings. The molecule has 1 aliphatic rings. The number of nitrogens with one attached hydrogen (secondary N) is 1. The Hall–Kier alpha value is -3.77. The fraction of sp³-hybridized carbons (Fsp3) is 0.261. The van der Waals surface area contributed by atoms with Crippen LogP contribution < -0.4 is 5.73 Å². The zero-order valence-electron chi connectivity index (χ0n) is 18.8. The summed E-state index contributed by atoms with van der Waals surface area (Å²) >= 11 is 3.48. The quantitative estimate of drug-likeness (QED) is 0.334. The number of nitrogens with two attached hydrogens (primary N) is 1.